The van der Waals surface area contributed by atoms with Crippen LogP contribution in [0.1, 0.15) is 25.7 Å². The average Bonchev–Trinajstić information content (AvgIpc) is 2.88. The highest BCUT2D eigenvalue weighted by Crippen LogP contribution is 2.32. The molecule has 1 aliphatic carbocycles. The van der Waals surface area contributed by atoms with Gasteiger partial charge in [-0.25, -0.2) is 0 Å². The summed E-state index contributed by atoms with van der Waals surface area (Å²) in [7, 11) is 1.81. The van der Waals surface area contributed by atoms with Gasteiger partial charge in [-0.3, -0.25) is 5.10 Å². The zero-order valence-corrected chi connectivity index (χ0v) is 11.6. The number of H-pyrrole nitrogens is 1. The van der Waals surface area contributed by atoms with Crippen LogP contribution in [0.5, 0.6) is 0 Å². The Bertz CT molecular complexity index is 579. The summed E-state index contributed by atoms with van der Waals surface area (Å²) < 4.78 is 0. The molecule has 2 aromatic rings. The molecule has 7 nitrogen and oxygen atoms in total. The molecule has 3 rings (SSSR count). The van der Waals surface area contributed by atoms with Gasteiger partial charge >= 0.3 is 0 Å². The summed E-state index contributed by atoms with van der Waals surface area (Å²) in [5.41, 5.74) is 0.743. The third-order valence-corrected chi connectivity index (χ3v) is 3.86. The molecule has 1 saturated carbocycles. The molecule has 7 heteroatoms. The van der Waals surface area contributed by atoms with Gasteiger partial charge in [-0.15, -0.1) is 0 Å². The minimum atomic E-state index is 0.196. The Hall–Kier alpha value is -1.89. The summed E-state index contributed by atoms with van der Waals surface area (Å²) in [5, 5.41) is 20.0. The number of nitrogens with zero attached hydrogens (tertiary/aromatic N) is 4. The van der Waals surface area contributed by atoms with Crippen LogP contribution in [0.3, 0.4) is 0 Å². The number of aromatic nitrogens is 4. The molecule has 0 aliphatic heterocycles. The van der Waals surface area contributed by atoms with Crippen LogP contribution >= 0.6 is 0 Å². The third kappa shape index (κ3) is 2.29. The number of hydrogen-bond donors (Lipinski definition) is 3. The Morgan fingerprint density at radius 3 is 2.95 bits per heavy atom. The zero-order valence-electron chi connectivity index (χ0n) is 11.6. The molecule has 108 valence electrons. The summed E-state index contributed by atoms with van der Waals surface area (Å²) >= 11 is 0. The fraction of sp³-hybridized carbons (Fsp3) is 0.615. The number of anilines is 2. The molecule has 2 aromatic heterocycles. The summed E-state index contributed by atoms with van der Waals surface area (Å²) in [6, 6.07) is 0.513. The van der Waals surface area contributed by atoms with Crippen LogP contribution < -0.4 is 10.2 Å². The van der Waals surface area contributed by atoms with Crippen molar-refractivity contribution in [1.29, 1.82) is 0 Å². The number of aromatic amines is 1. The predicted octanol–water partition coefficient (Wildman–Crippen LogP) is 1.14. The van der Waals surface area contributed by atoms with Gasteiger partial charge in [-0.2, -0.15) is 15.1 Å². The van der Waals surface area contributed by atoms with E-state index in [9.17, 15) is 0 Å². The molecule has 0 amide bonds. The van der Waals surface area contributed by atoms with Gasteiger partial charge in [0.25, 0.3) is 0 Å². The van der Waals surface area contributed by atoms with E-state index in [1.54, 1.807) is 6.20 Å². The van der Waals surface area contributed by atoms with Crippen molar-refractivity contribution in [3.05, 3.63) is 6.20 Å². The van der Waals surface area contributed by atoms with E-state index in [2.05, 4.69) is 30.4 Å². The van der Waals surface area contributed by atoms with Gasteiger partial charge in [-0.05, 0) is 25.7 Å². The van der Waals surface area contributed by atoms with Crippen LogP contribution in [0, 0.1) is 0 Å². The molecule has 0 unspecified atom stereocenters. The average molecular weight is 276 g/mol. The van der Waals surface area contributed by atoms with Crippen LogP contribution in [0.4, 0.5) is 11.8 Å². The highest BCUT2D eigenvalue weighted by atomic mass is 16.3. The maximum absolute atomic E-state index is 9.12. The topological polar surface area (TPSA) is 90.0 Å². The summed E-state index contributed by atoms with van der Waals surface area (Å²) in [5.74, 6) is 1.50. The van der Waals surface area contributed by atoms with E-state index in [1.807, 2.05) is 7.05 Å². The van der Waals surface area contributed by atoms with Crippen LogP contribution in [-0.2, 0) is 0 Å². The highest BCUT2D eigenvalue weighted by molar-refractivity contribution is 5.87. The molecule has 1 fully saturated rings. The first kappa shape index (κ1) is 13.1. The van der Waals surface area contributed by atoms with Crippen LogP contribution in [-0.4, -0.2) is 51.5 Å². The SMILES string of the molecule is CNc1nc(N(CCCO)C2CCC2)c2cn[nH]c2n1. The summed E-state index contributed by atoms with van der Waals surface area (Å²) in [6.45, 7) is 1.00. The number of aliphatic hydroxyl groups excluding tert-OH is 1. The Morgan fingerprint density at radius 1 is 1.45 bits per heavy atom. The number of fused-ring (bicyclic) bond motifs is 1. The second kappa shape index (κ2) is 5.62. The normalized spacial score (nSPS) is 15.3. The molecule has 20 heavy (non-hydrogen) atoms. The first-order chi connectivity index (χ1) is 9.83. The lowest BCUT2D eigenvalue weighted by molar-refractivity contribution is 0.282. The van der Waals surface area contributed by atoms with Crippen molar-refractivity contribution in [2.45, 2.75) is 31.7 Å². The number of aliphatic hydroxyl groups is 1. The van der Waals surface area contributed by atoms with Crippen molar-refractivity contribution >= 4 is 22.8 Å². The van der Waals surface area contributed by atoms with E-state index in [1.165, 1.54) is 19.3 Å². The largest absolute Gasteiger partial charge is 0.396 e. The maximum atomic E-state index is 9.12. The molecule has 2 heterocycles. The van der Waals surface area contributed by atoms with Crippen molar-refractivity contribution in [2.75, 3.05) is 30.4 Å². The van der Waals surface area contributed by atoms with E-state index in [0.717, 1.165) is 29.8 Å². The lowest BCUT2D eigenvalue weighted by atomic mass is 9.91. The Kier molecular flexibility index (Phi) is 3.68. The minimum Gasteiger partial charge on any atom is -0.396 e. The Morgan fingerprint density at radius 2 is 2.30 bits per heavy atom. The number of rotatable bonds is 6. The monoisotopic (exact) mass is 276 g/mol. The molecule has 0 aromatic carbocycles. The van der Waals surface area contributed by atoms with Crippen molar-refractivity contribution in [2.24, 2.45) is 0 Å². The zero-order chi connectivity index (χ0) is 13.9. The Balaban J connectivity index is 2.01. The fourth-order valence-electron chi connectivity index (χ4n) is 2.55. The van der Waals surface area contributed by atoms with E-state index in [0.29, 0.717) is 12.0 Å². The van der Waals surface area contributed by atoms with Crippen LogP contribution in [0.15, 0.2) is 6.20 Å². The fourth-order valence-corrected chi connectivity index (χ4v) is 2.55. The van der Waals surface area contributed by atoms with Crippen molar-refractivity contribution in [3.8, 4) is 0 Å². The second-order valence-corrected chi connectivity index (χ2v) is 5.11. The lowest BCUT2D eigenvalue weighted by Crippen LogP contribution is -2.41. The van der Waals surface area contributed by atoms with Gasteiger partial charge in [0.15, 0.2) is 5.65 Å². The molecule has 0 bridgehead atoms. The molecule has 0 saturated heterocycles. The van der Waals surface area contributed by atoms with Gasteiger partial charge in [0.2, 0.25) is 5.95 Å². The van der Waals surface area contributed by atoms with Gasteiger partial charge in [0, 0.05) is 26.2 Å². The molecule has 0 spiro atoms. The van der Waals surface area contributed by atoms with Gasteiger partial charge in [0.1, 0.15) is 5.82 Å². The molecular weight excluding hydrogens is 256 g/mol. The van der Waals surface area contributed by atoms with Crippen molar-refractivity contribution < 1.29 is 5.11 Å². The maximum Gasteiger partial charge on any atom is 0.226 e. The molecule has 1 aliphatic rings. The number of hydrogen-bond acceptors (Lipinski definition) is 6. The van der Waals surface area contributed by atoms with Crippen LogP contribution in [0.25, 0.3) is 11.0 Å². The van der Waals surface area contributed by atoms with E-state index in [-0.39, 0.29) is 6.61 Å². The van der Waals surface area contributed by atoms with Crippen molar-refractivity contribution in [1.82, 2.24) is 20.2 Å². The molecular formula is C13H20N6O. The lowest BCUT2D eigenvalue weighted by Gasteiger charge is -2.38. The first-order valence-electron chi connectivity index (χ1n) is 7.10. The summed E-state index contributed by atoms with van der Waals surface area (Å²) in [4.78, 5) is 11.3. The second-order valence-electron chi connectivity index (χ2n) is 5.11. The van der Waals surface area contributed by atoms with E-state index < -0.39 is 0 Å². The van der Waals surface area contributed by atoms with Gasteiger partial charge in [-0.1, -0.05) is 0 Å². The first-order valence-corrected chi connectivity index (χ1v) is 7.10. The Labute approximate surface area is 117 Å². The molecule has 0 atom stereocenters. The highest BCUT2D eigenvalue weighted by Gasteiger charge is 2.27. The smallest absolute Gasteiger partial charge is 0.226 e. The third-order valence-electron chi connectivity index (χ3n) is 3.86. The quantitative estimate of drug-likeness (QED) is 0.733. The summed E-state index contributed by atoms with van der Waals surface area (Å²) in [6.07, 6.45) is 6.15. The van der Waals surface area contributed by atoms with Gasteiger partial charge < -0.3 is 15.3 Å². The van der Waals surface area contributed by atoms with Crippen molar-refractivity contribution in [3.63, 3.8) is 0 Å². The predicted molar refractivity (Wildman–Crippen MR) is 77.9 cm³/mol. The minimum absolute atomic E-state index is 0.196. The standard InChI is InChI=1S/C13H20N6O/c1-14-13-16-11-10(8-15-18-11)12(17-13)19(6-3-7-20)9-4-2-5-9/h8-9,20H,2-7H2,1H3,(H2,14,15,16,17,18). The molecule has 3 N–H and O–H groups in total. The van der Waals surface area contributed by atoms with E-state index in [4.69, 9.17) is 5.11 Å². The molecule has 0 radical (unpaired) electrons. The van der Waals surface area contributed by atoms with E-state index >= 15 is 0 Å². The number of nitrogens with one attached hydrogen (secondary N) is 2. The van der Waals surface area contributed by atoms with Crippen LogP contribution in [0.2, 0.25) is 0 Å². The van der Waals surface area contributed by atoms with Gasteiger partial charge in [0.05, 0.1) is 11.6 Å².